The van der Waals surface area contributed by atoms with Crippen molar-refractivity contribution in [1.29, 1.82) is 0 Å². The van der Waals surface area contributed by atoms with Gasteiger partial charge in [0.1, 0.15) is 23.9 Å². The number of rotatable bonds is 5. The van der Waals surface area contributed by atoms with E-state index in [0.29, 0.717) is 11.7 Å². The highest BCUT2D eigenvalue weighted by molar-refractivity contribution is 5.99. The minimum Gasteiger partial charge on any atom is -0.474 e. The highest BCUT2D eigenvalue weighted by atomic mass is 19.1. The van der Waals surface area contributed by atoms with Crippen LogP contribution in [0.25, 0.3) is 11.3 Å². The van der Waals surface area contributed by atoms with Crippen molar-refractivity contribution in [2.45, 2.75) is 44.4 Å². The lowest BCUT2D eigenvalue weighted by atomic mass is 9.98. The fourth-order valence-electron chi connectivity index (χ4n) is 3.94. The lowest BCUT2D eigenvalue weighted by Crippen LogP contribution is -2.31. The Balaban J connectivity index is 1.25. The van der Waals surface area contributed by atoms with Crippen LogP contribution in [0.2, 0.25) is 0 Å². The summed E-state index contributed by atoms with van der Waals surface area (Å²) < 4.78 is 19.1. The molecular weight excluding hydrogens is 393 g/mol. The molecule has 1 fully saturated rings. The third kappa shape index (κ3) is 4.56. The number of hydrogen-bond acceptors (Lipinski definition) is 6. The van der Waals surface area contributed by atoms with Crippen LogP contribution in [-0.4, -0.2) is 21.9 Å². The van der Waals surface area contributed by atoms with Crippen LogP contribution in [0.1, 0.15) is 49.4 Å². The Kier molecular flexibility index (Phi) is 5.58. The summed E-state index contributed by atoms with van der Waals surface area (Å²) >= 11 is 0. The van der Waals surface area contributed by atoms with Crippen molar-refractivity contribution in [2.24, 2.45) is 4.99 Å². The standard InChI is InChI=1S/C24H24FN5O/c25-19-10-6-16(7-11-19)23-28-24(30-29-23)18-8-12-21(26-15-18)17-9-13-22(27-14-17)31-20-4-2-1-3-5-20/h6-15,20,24,30H,1-5H2,(H,28,29). The summed E-state index contributed by atoms with van der Waals surface area (Å²) in [6, 6.07) is 14.1. The number of aromatic nitrogens is 2. The molecule has 0 saturated heterocycles. The van der Waals surface area contributed by atoms with Crippen LogP contribution < -0.4 is 15.6 Å². The maximum absolute atomic E-state index is 13.1. The van der Waals surface area contributed by atoms with E-state index in [4.69, 9.17) is 4.74 Å². The summed E-state index contributed by atoms with van der Waals surface area (Å²) in [5, 5.41) is 0. The van der Waals surface area contributed by atoms with Crippen molar-refractivity contribution in [3.63, 3.8) is 0 Å². The molecule has 2 aliphatic rings. The number of benzene rings is 1. The Hall–Kier alpha value is -3.32. The van der Waals surface area contributed by atoms with Crippen LogP contribution in [-0.2, 0) is 0 Å². The molecule has 158 valence electrons. The van der Waals surface area contributed by atoms with Gasteiger partial charge in [-0.2, -0.15) is 0 Å². The van der Waals surface area contributed by atoms with Gasteiger partial charge in [-0.05, 0) is 62.1 Å². The van der Waals surface area contributed by atoms with Crippen LogP contribution in [0.3, 0.4) is 0 Å². The summed E-state index contributed by atoms with van der Waals surface area (Å²) in [6.45, 7) is 0. The number of hydrazine groups is 1. The van der Waals surface area contributed by atoms with Gasteiger partial charge in [0, 0.05) is 35.2 Å². The molecule has 3 heterocycles. The largest absolute Gasteiger partial charge is 0.474 e. The van der Waals surface area contributed by atoms with E-state index in [-0.39, 0.29) is 18.1 Å². The molecule has 1 aromatic carbocycles. The second-order valence-corrected chi connectivity index (χ2v) is 7.90. The van der Waals surface area contributed by atoms with Gasteiger partial charge < -0.3 is 10.2 Å². The number of hydrogen-bond donors (Lipinski definition) is 2. The van der Waals surface area contributed by atoms with Gasteiger partial charge in [0.25, 0.3) is 0 Å². The van der Waals surface area contributed by atoms with Gasteiger partial charge in [0.05, 0.1) is 5.69 Å². The first-order valence-electron chi connectivity index (χ1n) is 10.7. The lowest BCUT2D eigenvalue weighted by molar-refractivity contribution is 0.148. The lowest BCUT2D eigenvalue weighted by Gasteiger charge is -2.22. The highest BCUT2D eigenvalue weighted by Gasteiger charge is 2.20. The molecule has 2 N–H and O–H groups in total. The summed E-state index contributed by atoms with van der Waals surface area (Å²) in [7, 11) is 0. The minimum absolute atomic E-state index is 0.258. The van der Waals surface area contributed by atoms with Crippen LogP contribution in [0.15, 0.2) is 65.9 Å². The van der Waals surface area contributed by atoms with Crippen molar-refractivity contribution in [2.75, 3.05) is 0 Å². The third-order valence-corrected chi connectivity index (χ3v) is 5.68. The van der Waals surface area contributed by atoms with E-state index in [1.54, 1.807) is 24.5 Å². The van der Waals surface area contributed by atoms with Gasteiger partial charge >= 0.3 is 0 Å². The summed E-state index contributed by atoms with van der Waals surface area (Å²) in [4.78, 5) is 13.7. The SMILES string of the molecule is Fc1ccc(C2=NC(c3ccc(-c4ccc(OC5CCCCC5)nc4)nc3)NN2)cc1. The number of pyridine rings is 2. The third-order valence-electron chi connectivity index (χ3n) is 5.68. The first kappa shape index (κ1) is 19.6. The summed E-state index contributed by atoms with van der Waals surface area (Å²) in [6.07, 6.45) is 9.64. The summed E-state index contributed by atoms with van der Waals surface area (Å²) in [5.41, 5.74) is 9.71. The number of amidine groups is 1. The van der Waals surface area contributed by atoms with Crippen molar-refractivity contribution < 1.29 is 9.13 Å². The van der Waals surface area contributed by atoms with Gasteiger partial charge in [0.15, 0.2) is 0 Å². The average Bonchev–Trinajstić information content (AvgIpc) is 3.31. The van der Waals surface area contributed by atoms with Crippen molar-refractivity contribution in [3.05, 3.63) is 77.9 Å². The molecule has 5 rings (SSSR count). The number of ether oxygens (including phenoxy) is 1. The van der Waals surface area contributed by atoms with Crippen LogP contribution >= 0.6 is 0 Å². The molecule has 7 heteroatoms. The topological polar surface area (TPSA) is 71.4 Å². The fourth-order valence-corrected chi connectivity index (χ4v) is 3.94. The van der Waals surface area contributed by atoms with E-state index in [2.05, 4.69) is 25.8 Å². The average molecular weight is 417 g/mol. The molecule has 6 nitrogen and oxygen atoms in total. The Morgan fingerprint density at radius 2 is 1.65 bits per heavy atom. The quantitative estimate of drug-likeness (QED) is 0.637. The Morgan fingerprint density at radius 3 is 2.35 bits per heavy atom. The molecule has 0 bridgehead atoms. The first-order chi connectivity index (χ1) is 15.2. The maximum Gasteiger partial charge on any atom is 0.213 e. The second kappa shape index (κ2) is 8.81. The zero-order chi connectivity index (χ0) is 21.0. The number of aliphatic imine (C=N–C) groups is 1. The normalized spacial score (nSPS) is 19.0. The molecule has 0 amide bonds. The van der Waals surface area contributed by atoms with Gasteiger partial charge in [-0.1, -0.05) is 12.5 Å². The summed E-state index contributed by atoms with van der Waals surface area (Å²) in [5.74, 6) is 1.08. The predicted molar refractivity (Wildman–Crippen MR) is 117 cm³/mol. The molecule has 1 saturated carbocycles. The minimum atomic E-state index is -0.269. The van der Waals surface area contributed by atoms with E-state index < -0.39 is 0 Å². The van der Waals surface area contributed by atoms with Crippen LogP contribution in [0.4, 0.5) is 4.39 Å². The van der Waals surface area contributed by atoms with E-state index in [1.165, 1.54) is 31.4 Å². The number of nitrogens with zero attached hydrogens (tertiary/aromatic N) is 3. The highest BCUT2D eigenvalue weighted by Crippen LogP contribution is 2.25. The van der Waals surface area contributed by atoms with Gasteiger partial charge in [-0.25, -0.2) is 19.8 Å². The predicted octanol–water partition coefficient (Wildman–Crippen LogP) is 4.55. The number of halogens is 1. The smallest absolute Gasteiger partial charge is 0.213 e. The molecule has 0 spiro atoms. The van der Waals surface area contributed by atoms with Gasteiger partial charge in [0.2, 0.25) is 5.88 Å². The first-order valence-corrected chi connectivity index (χ1v) is 10.7. The van der Waals surface area contributed by atoms with Gasteiger partial charge in [-0.15, -0.1) is 0 Å². The Labute approximate surface area is 180 Å². The second-order valence-electron chi connectivity index (χ2n) is 7.90. The molecule has 2 aromatic heterocycles. The zero-order valence-corrected chi connectivity index (χ0v) is 17.1. The molecule has 1 aliphatic carbocycles. The van der Waals surface area contributed by atoms with Crippen molar-refractivity contribution >= 4 is 5.84 Å². The fraction of sp³-hybridized carbons (Fsp3) is 0.292. The molecule has 1 atom stereocenters. The van der Waals surface area contributed by atoms with Crippen LogP contribution in [0.5, 0.6) is 5.88 Å². The molecule has 3 aromatic rings. The Bertz CT molecular complexity index is 1040. The van der Waals surface area contributed by atoms with E-state index >= 15 is 0 Å². The molecular formula is C24H24FN5O. The molecule has 1 unspecified atom stereocenters. The molecule has 0 radical (unpaired) electrons. The Morgan fingerprint density at radius 1 is 0.839 bits per heavy atom. The van der Waals surface area contributed by atoms with Gasteiger partial charge in [-0.3, -0.25) is 4.98 Å². The number of nitrogens with one attached hydrogen (secondary N) is 2. The van der Waals surface area contributed by atoms with Crippen LogP contribution in [0, 0.1) is 5.82 Å². The monoisotopic (exact) mass is 417 g/mol. The van der Waals surface area contributed by atoms with E-state index in [1.807, 2.05) is 24.3 Å². The molecule has 1 aliphatic heterocycles. The van der Waals surface area contributed by atoms with Crippen molar-refractivity contribution in [1.82, 2.24) is 20.8 Å². The van der Waals surface area contributed by atoms with Crippen molar-refractivity contribution in [3.8, 4) is 17.1 Å². The van der Waals surface area contributed by atoms with E-state index in [9.17, 15) is 4.39 Å². The zero-order valence-electron chi connectivity index (χ0n) is 17.1. The van der Waals surface area contributed by atoms with E-state index in [0.717, 1.165) is 35.2 Å². The maximum atomic E-state index is 13.1. The molecule has 31 heavy (non-hydrogen) atoms.